The van der Waals surface area contributed by atoms with Crippen molar-refractivity contribution in [2.24, 2.45) is 7.05 Å². The molecule has 0 amide bonds. The second-order valence-electron chi connectivity index (χ2n) is 8.46. The van der Waals surface area contributed by atoms with E-state index in [0.29, 0.717) is 5.82 Å². The number of nitrogens with two attached hydrogens (primary N) is 1. The van der Waals surface area contributed by atoms with E-state index in [0.717, 1.165) is 40.5 Å². The van der Waals surface area contributed by atoms with Crippen molar-refractivity contribution in [3.63, 3.8) is 0 Å². The Morgan fingerprint density at radius 3 is 2.55 bits per heavy atom. The monoisotopic (exact) mass is 412 g/mol. The minimum atomic E-state index is -0.0388. The highest BCUT2D eigenvalue weighted by Gasteiger charge is 2.20. The summed E-state index contributed by atoms with van der Waals surface area (Å²) in [6.45, 7) is 8.54. The number of hydrogen-bond acceptors (Lipinski definition) is 5. The minimum absolute atomic E-state index is 0.0388. The van der Waals surface area contributed by atoms with Crippen molar-refractivity contribution in [1.82, 2.24) is 19.7 Å². The second kappa shape index (κ2) is 8.41. The summed E-state index contributed by atoms with van der Waals surface area (Å²) in [5.41, 5.74) is 9.78. The summed E-state index contributed by atoms with van der Waals surface area (Å²) < 4.78 is 1.84. The first-order chi connectivity index (χ1) is 13.6. The lowest BCUT2D eigenvalue weighted by atomic mass is 9.92. The molecular formula is C22H29ClN6. The zero-order valence-electron chi connectivity index (χ0n) is 17.7. The van der Waals surface area contributed by atoms with Crippen LogP contribution in [0.1, 0.15) is 45.4 Å². The van der Waals surface area contributed by atoms with Crippen LogP contribution < -0.4 is 11.1 Å². The van der Waals surface area contributed by atoms with E-state index in [9.17, 15) is 0 Å². The van der Waals surface area contributed by atoms with Crippen molar-refractivity contribution < 1.29 is 0 Å². The highest BCUT2D eigenvalue weighted by molar-refractivity contribution is 6.31. The van der Waals surface area contributed by atoms with Gasteiger partial charge in [0, 0.05) is 29.6 Å². The van der Waals surface area contributed by atoms with Gasteiger partial charge in [-0.3, -0.25) is 4.68 Å². The molecule has 1 aromatic carbocycles. The number of benzene rings is 1. The molecule has 3 N–H and O–H groups in total. The SMILES string of the molecule is C[C@H](CCc1ccccc1Cl)Nc1cc(-c2cc(C(C)(C)C)nn2C)nc(N)n1. The normalized spacial score (nSPS) is 12.8. The van der Waals surface area contributed by atoms with E-state index >= 15 is 0 Å². The Morgan fingerprint density at radius 1 is 1.17 bits per heavy atom. The fraction of sp³-hybridized carbons (Fsp3) is 0.409. The summed E-state index contributed by atoms with van der Waals surface area (Å²) in [4.78, 5) is 8.78. The first-order valence-electron chi connectivity index (χ1n) is 9.83. The van der Waals surface area contributed by atoms with Crippen LogP contribution in [0.4, 0.5) is 11.8 Å². The zero-order chi connectivity index (χ0) is 21.2. The third-order valence-electron chi connectivity index (χ3n) is 4.85. The number of hydrogen-bond donors (Lipinski definition) is 2. The molecular weight excluding hydrogens is 384 g/mol. The Morgan fingerprint density at radius 2 is 1.90 bits per heavy atom. The molecule has 0 aliphatic rings. The minimum Gasteiger partial charge on any atom is -0.368 e. The van der Waals surface area contributed by atoms with Crippen LogP contribution in [0, 0.1) is 0 Å². The first-order valence-corrected chi connectivity index (χ1v) is 10.2. The first kappa shape index (κ1) is 21.1. The van der Waals surface area contributed by atoms with E-state index in [1.165, 1.54) is 0 Å². The van der Waals surface area contributed by atoms with E-state index in [1.807, 2.05) is 36.0 Å². The molecule has 0 unspecified atom stereocenters. The number of halogens is 1. The summed E-state index contributed by atoms with van der Waals surface area (Å²) in [7, 11) is 1.92. The molecule has 0 fully saturated rings. The average molecular weight is 413 g/mol. The molecule has 6 nitrogen and oxygen atoms in total. The van der Waals surface area contributed by atoms with Gasteiger partial charge in [0.1, 0.15) is 5.82 Å². The van der Waals surface area contributed by atoms with Gasteiger partial charge >= 0.3 is 0 Å². The molecule has 2 heterocycles. The lowest BCUT2D eigenvalue weighted by Crippen LogP contribution is -2.18. The van der Waals surface area contributed by atoms with Crippen LogP contribution in [0.25, 0.3) is 11.4 Å². The largest absolute Gasteiger partial charge is 0.368 e. The van der Waals surface area contributed by atoms with Gasteiger partial charge in [0.15, 0.2) is 0 Å². The van der Waals surface area contributed by atoms with E-state index in [-0.39, 0.29) is 17.4 Å². The maximum absolute atomic E-state index is 6.26. The van der Waals surface area contributed by atoms with E-state index in [1.54, 1.807) is 0 Å². The van der Waals surface area contributed by atoms with Gasteiger partial charge in [-0.2, -0.15) is 10.1 Å². The fourth-order valence-corrected chi connectivity index (χ4v) is 3.37. The molecule has 0 spiro atoms. The van der Waals surface area contributed by atoms with Crippen molar-refractivity contribution in [1.29, 1.82) is 0 Å². The number of nitrogens with zero attached hydrogens (tertiary/aromatic N) is 4. The molecule has 1 atom stereocenters. The van der Waals surface area contributed by atoms with Crippen molar-refractivity contribution >= 4 is 23.4 Å². The fourth-order valence-electron chi connectivity index (χ4n) is 3.14. The Bertz CT molecular complexity index is 989. The standard InChI is InChI=1S/C22H29ClN6/c1-14(10-11-15-8-6-7-9-16(15)23)25-20-12-17(26-21(24)27-20)18-13-19(22(2,3)4)28-29(18)5/h6-9,12-14H,10-11H2,1-5H3,(H3,24,25,26,27)/t14-/m1/s1. The molecule has 3 rings (SSSR count). The van der Waals surface area contributed by atoms with Crippen LogP contribution in [0.2, 0.25) is 5.02 Å². The number of anilines is 2. The number of aryl methyl sites for hydroxylation is 2. The maximum Gasteiger partial charge on any atom is 0.222 e. The third-order valence-corrected chi connectivity index (χ3v) is 5.22. The predicted molar refractivity (Wildman–Crippen MR) is 120 cm³/mol. The Labute approximate surface area is 177 Å². The summed E-state index contributed by atoms with van der Waals surface area (Å²) in [5, 5.41) is 8.87. The number of nitrogen functional groups attached to an aromatic ring is 1. The number of rotatable bonds is 6. The van der Waals surface area contributed by atoms with Crippen molar-refractivity contribution in [2.45, 2.75) is 52.0 Å². The van der Waals surface area contributed by atoms with Crippen LogP contribution in [-0.2, 0) is 18.9 Å². The van der Waals surface area contributed by atoms with Crippen molar-refractivity contribution in [3.8, 4) is 11.4 Å². The van der Waals surface area contributed by atoms with Gasteiger partial charge < -0.3 is 11.1 Å². The Kier molecular flexibility index (Phi) is 6.13. The van der Waals surface area contributed by atoms with Crippen LogP contribution in [0.3, 0.4) is 0 Å². The summed E-state index contributed by atoms with van der Waals surface area (Å²) in [5.74, 6) is 0.944. The van der Waals surface area contributed by atoms with Crippen molar-refractivity contribution in [2.75, 3.05) is 11.1 Å². The smallest absolute Gasteiger partial charge is 0.222 e. The lowest BCUT2D eigenvalue weighted by molar-refractivity contribution is 0.553. The van der Waals surface area contributed by atoms with Crippen LogP contribution >= 0.6 is 11.6 Å². The molecule has 0 saturated heterocycles. The highest BCUT2D eigenvalue weighted by atomic mass is 35.5. The molecule has 3 aromatic rings. The molecule has 0 aliphatic carbocycles. The third kappa shape index (κ3) is 5.26. The zero-order valence-corrected chi connectivity index (χ0v) is 18.5. The van der Waals surface area contributed by atoms with Gasteiger partial charge in [0.25, 0.3) is 0 Å². The molecule has 0 saturated carbocycles. The molecule has 0 aliphatic heterocycles. The molecule has 2 aromatic heterocycles. The number of aromatic nitrogens is 4. The highest BCUT2D eigenvalue weighted by Crippen LogP contribution is 2.27. The van der Waals surface area contributed by atoms with Gasteiger partial charge in [-0.1, -0.05) is 50.6 Å². The quantitative estimate of drug-likeness (QED) is 0.605. The number of nitrogens with one attached hydrogen (secondary N) is 1. The predicted octanol–water partition coefficient (Wildman–Crippen LogP) is 4.84. The van der Waals surface area contributed by atoms with Crippen LogP contribution in [-0.4, -0.2) is 25.8 Å². The van der Waals surface area contributed by atoms with Crippen LogP contribution in [0.15, 0.2) is 36.4 Å². The summed E-state index contributed by atoms with van der Waals surface area (Å²) >= 11 is 6.26. The van der Waals surface area contributed by atoms with Gasteiger partial charge in [-0.05, 0) is 37.5 Å². The molecule has 0 bridgehead atoms. The van der Waals surface area contributed by atoms with Gasteiger partial charge in [0.2, 0.25) is 5.95 Å². The molecule has 154 valence electrons. The van der Waals surface area contributed by atoms with E-state index < -0.39 is 0 Å². The van der Waals surface area contributed by atoms with Crippen molar-refractivity contribution in [3.05, 3.63) is 52.7 Å². The molecule has 0 radical (unpaired) electrons. The topological polar surface area (TPSA) is 81.7 Å². The van der Waals surface area contributed by atoms with E-state index in [2.05, 4.69) is 60.2 Å². The Balaban J connectivity index is 1.76. The molecule has 7 heteroatoms. The summed E-state index contributed by atoms with van der Waals surface area (Å²) in [6, 6.07) is 12.1. The molecule has 29 heavy (non-hydrogen) atoms. The Hall–Kier alpha value is -2.60. The van der Waals surface area contributed by atoms with Gasteiger partial charge in [0.05, 0.1) is 17.1 Å². The summed E-state index contributed by atoms with van der Waals surface area (Å²) in [6.07, 6.45) is 1.81. The second-order valence-corrected chi connectivity index (χ2v) is 8.87. The lowest BCUT2D eigenvalue weighted by Gasteiger charge is -2.16. The average Bonchev–Trinajstić information content (AvgIpc) is 3.03. The maximum atomic E-state index is 6.26. The van der Waals surface area contributed by atoms with Crippen LogP contribution in [0.5, 0.6) is 0 Å². The van der Waals surface area contributed by atoms with Gasteiger partial charge in [-0.25, -0.2) is 4.98 Å². The van der Waals surface area contributed by atoms with E-state index in [4.69, 9.17) is 17.3 Å². The van der Waals surface area contributed by atoms with Gasteiger partial charge in [-0.15, -0.1) is 0 Å².